The maximum Gasteiger partial charge on any atom is 0.374 e. The zero-order valence-electron chi connectivity index (χ0n) is 11.8. The Labute approximate surface area is 118 Å². The number of imidazole rings is 1. The second-order valence-electron chi connectivity index (χ2n) is 5.61. The van der Waals surface area contributed by atoms with Crippen LogP contribution in [0.15, 0.2) is 24.3 Å². The fourth-order valence-corrected chi connectivity index (χ4v) is 2.97. The first kappa shape index (κ1) is 13.2. The summed E-state index contributed by atoms with van der Waals surface area (Å²) in [5, 5.41) is 0. The number of esters is 1. The van der Waals surface area contributed by atoms with Crippen LogP contribution in [-0.4, -0.2) is 22.0 Å². The zero-order valence-corrected chi connectivity index (χ0v) is 11.8. The molecular formula is C16H20N2O2. The molecule has 1 aromatic carbocycles. The molecule has 1 aliphatic rings. The van der Waals surface area contributed by atoms with Gasteiger partial charge in [-0.25, -0.2) is 9.78 Å². The normalized spacial score (nSPS) is 18.1. The molecule has 4 heteroatoms. The van der Waals surface area contributed by atoms with Crippen molar-refractivity contribution in [3.8, 4) is 0 Å². The number of rotatable bonds is 3. The van der Waals surface area contributed by atoms with Crippen molar-refractivity contribution in [2.75, 3.05) is 0 Å². The van der Waals surface area contributed by atoms with Gasteiger partial charge in [0.05, 0.1) is 11.0 Å². The molecule has 0 saturated heterocycles. The number of nitrogens with zero attached hydrogens (tertiary/aromatic N) is 1. The van der Waals surface area contributed by atoms with Gasteiger partial charge >= 0.3 is 5.97 Å². The van der Waals surface area contributed by atoms with Gasteiger partial charge in [0.1, 0.15) is 6.10 Å². The van der Waals surface area contributed by atoms with Gasteiger partial charge in [-0.2, -0.15) is 0 Å². The van der Waals surface area contributed by atoms with Gasteiger partial charge in [-0.05, 0) is 37.8 Å². The van der Waals surface area contributed by atoms with E-state index in [1.165, 1.54) is 19.3 Å². The minimum absolute atomic E-state index is 0.0315. The topological polar surface area (TPSA) is 55.0 Å². The lowest BCUT2D eigenvalue weighted by Crippen LogP contribution is -2.26. The smallest absolute Gasteiger partial charge is 0.374 e. The van der Waals surface area contributed by atoms with E-state index in [2.05, 4.69) is 9.97 Å². The SMILES string of the molecule is CC(OC(=O)c1nc2ccccc2[nH]1)C1CCCCC1. The number of hydrogen-bond acceptors (Lipinski definition) is 3. The Morgan fingerprint density at radius 2 is 2.05 bits per heavy atom. The molecule has 1 aliphatic carbocycles. The van der Waals surface area contributed by atoms with Crippen LogP contribution in [0.25, 0.3) is 11.0 Å². The van der Waals surface area contributed by atoms with Crippen LogP contribution >= 0.6 is 0 Å². The van der Waals surface area contributed by atoms with E-state index in [9.17, 15) is 4.79 Å². The number of H-pyrrole nitrogens is 1. The van der Waals surface area contributed by atoms with E-state index in [0.717, 1.165) is 23.9 Å². The highest BCUT2D eigenvalue weighted by molar-refractivity contribution is 5.90. The predicted octanol–water partition coefficient (Wildman–Crippen LogP) is 3.69. The molecule has 2 aromatic rings. The van der Waals surface area contributed by atoms with Crippen molar-refractivity contribution in [3.63, 3.8) is 0 Å². The maximum atomic E-state index is 12.2. The Balaban J connectivity index is 1.68. The van der Waals surface area contributed by atoms with Crippen molar-refractivity contribution in [2.45, 2.75) is 45.1 Å². The number of carbonyl (C=O) groups excluding carboxylic acids is 1. The van der Waals surface area contributed by atoms with Crippen molar-refractivity contribution < 1.29 is 9.53 Å². The van der Waals surface area contributed by atoms with Crippen LogP contribution < -0.4 is 0 Å². The number of hydrogen-bond donors (Lipinski definition) is 1. The van der Waals surface area contributed by atoms with Crippen LogP contribution in [-0.2, 0) is 4.74 Å². The molecule has 0 aliphatic heterocycles. The molecule has 20 heavy (non-hydrogen) atoms. The second-order valence-corrected chi connectivity index (χ2v) is 5.61. The molecule has 1 aromatic heterocycles. The number of fused-ring (bicyclic) bond motifs is 1. The molecule has 106 valence electrons. The molecule has 1 N–H and O–H groups in total. The van der Waals surface area contributed by atoms with Crippen LogP contribution in [0.3, 0.4) is 0 Å². The summed E-state index contributed by atoms with van der Waals surface area (Å²) in [6.07, 6.45) is 6.09. The Hall–Kier alpha value is -1.84. The number of benzene rings is 1. The van der Waals surface area contributed by atoms with Gasteiger partial charge in [0.25, 0.3) is 0 Å². The highest BCUT2D eigenvalue weighted by atomic mass is 16.5. The van der Waals surface area contributed by atoms with Crippen LogP contribution in [0, 0.1) is 5.92 Å². The number of para-hydroxylation sites is 2. The summed E-state index contributed by atoms with van der Waals surface area (Å²) in [5.74, 6) is 0.449. The zero-order chi connectivity index (χ0) is 13.9. The molecule has 4 nitrogen and oxygen atoms in total. The molecule has 1 fully saturated rings. The molecule has 0 bridgehead atoms. The Kier molecular flexibility index (Phi) is 3.72. The highest BCUT2D eigenvalue weighted by Crippen LogP contribution is 2.28. The number of nitrogens with one attached hydrogen (secondary N) is 1. The first-order valence-electron chi connectivity index (χ1n) is 7.40. The number of aromatic nitrogens is 2. The summed E-state index contributed by atoms with van der Waals surface area (Å²) in [6.45, 7) is 2.00. The third-order valence-electron chi connectivity index (χ3n) is 4.19. The van der Waals surface area contributed by atoms with Crippen molar-refractivity contribution in [1.29, 1.82) is 0 Å². The Morgan fingerprint density at radius 1 is 1.30 bits per heavy atom. The van der Waals surface area contributed by atoms with Crippen LogP contribution in [0.2, 0.25) is 0 Å². The van der Waals surface area contributed by atoms with E-state index in [0.29, 0.717) is 11.7 Å². The molecule has 1 heterocycles. The third-order valence-corrected chi connectivity index (χ3v) is 4.19. The lowest BCUT2D eigenvalue weighted by atomic mass is 9.86. The minimum atomic E-state index is -0.348. The van der Waals surface area contributed by atoms with E-state index in [-0.39, 0.29) is 12.1 Å². The average molecular weight is 272 g/mol. The summed E-state index contributed by atoms with van der Waals surface area (Å²) in [6, 6.07) is 7.61. The fraction of sp³-hybridized carbons (Fsp3) is 0.500. The summed E-state index contributed by atoms with van der Waals surface area (Å²) in [7, 11) is 0. The van der Waals surface area contributed by atoms with Crippen molar-refractivity contribution in [1.82, 2.24) is 9.97 Å². The molecule has 1 saturated carbocycles. The van der Waals surface area contributed by atoms with E-state index >= 15 is 0 Å². The van der Waals surface area contributed by atoms with Gasteiger partial charge in [-0.3, -0.25) is 0 Å². The monoisotopic (exact) mass is 272 g/mol. The van der Waals surface area contributed by atoms with E-state index < -0.39 is 0 Å². The first-order chi connectivity index (χ1) is 9.74. The molecule has 1 unspecified atom stereocenters. The van der Waals surface area contributed by atoms with Crippen LogP contribution in [0.4, 0.5) is 0 Å². The summed E-state index contributed by atoms with van der Waals surface area (Å²) >= 11 is 0. The number of ether oxygens (including phenoxy) is 1. The van der Waals surface area contributed by atoms with Gasteiger partial charge in [0.2, 0.25) is 5.82 Å². The molecule has 1 atom stereocenters. The van der Waals surface area contributed by atoms with Crippen LogP contribution in [0.5, 0.6) is 0 Å². The first-order valence-corrected chi connectivity index (χ1v) is 7.40. The van der Waals surface area contributed by atoms with E-state index in [1.807, 2.05) is 31.2 Å². The summed E-state index contributed by atoms with van der Waals surface area (Å²) < 4.78 is 5.57. The van der Waals surface area contributed by atoms with Gasteiger partial charge in [0.15, 0.2) is 0 Å². The van der Waals surface area contributed by atoms with Crippen molar-refractivity contribution in [3.05, 3.63) is 30.1 Å². The predicted molar refractivity (Wildman–Crippen MR) is 77.5 cm³/mol. The van der Waals surface area contributed by atoms with Gasteiger partial charge in [0, 0.05) is 0 Å². The molecule has 0 radical (unpaired) electrons. The highest BCUT2D eigenvalue weighted by Gasteiger charge is 2.24. The molecule has 0 amide bonds. The Morgan fingerprint density at radius 3 is 2.80 bits per heavy atom. The minimum Gasteiger partial charge on any atom is -0.457 e. The molecule has 0 spiro atoms. The maximum absolute atomic E-state index is 12.2. The lowest BCUT2D eigenvalue weighted by Gasteiger charge is -2.26. The molecular weight excluding hydrogens is 252 g/mol. The lowest BCUT2D eigenvalue weighted by molar-refractivity contribution is 0.0129. The third kappa shape index (κ3) is 2.69. The van der Waals surface area contributed by atoms with E-state index in [1.54, 1.807) is 0 Å². The average Bonchev–Trinajstić information content (AvgIpc) is 2.92. The largest absolute Gasteiger partial charge is 0.457 e. The Bertz CT molecular complexity index is 566. The quantitative estimate of drug-likeness (QED) is 0.867. The second kappa shape index (κ2) is 5.65. The summed E-state index contributed by atoms with van der Waals surface area (Å²) in [5.41, 5.74) is 1.66. The summed E-state index contributed by atoms with van der Waals surface area (Å²) in [4.78, 5) is 19.5. The van der Waals surface area contributed by atoms with Gasteiger partial charge in [-0.1, -0.05) is 31.4 Å². The standard InChI is InChI=1S/C16H20N2O2/c1-11(12-7-3-2-4-8-12)20-16(19)15-17-13-9-5-6-10-14(13)18-15/h5-6,9-12H,2-4,7-8H2,1H3,(H,17,18). The van der Waals surface area contributed by atoms with Gasteiger partial charge in [-0.15, -0.1) is 0 Å². The van der Waals surface area contributed by atoms with Gasteiger partial charge < -0.3 is 9.72 Å². The number of aromatic amines is 1. The number of carbonyl (C=O) groups is 1. The van der Waals surface area contributed by atoms with Crippen molar-refractivity contribution in [2.24, 2.45) is 5.92 Å². The molecule has 3 rings (SSSR count). The van der Waals surface area contributed by atoms with Crippen molar-refractivity contribution >= 4 is 17.0 Å². The van der Waals surface area contributed by atoms with Crippen LogP contribution in [0.1, 0.15) is 49.6 Å². The fourth-order valence-electron chi connectivity index (χ4n) is 2.97. The van der Waals surface area contributed by atoms with E-state index in [4.69, 9.17) is 4.74 Å².